The average Bonchev–Trinajstić information content (AvgIpc) is 2.64. The monoisotopic (exact) mass is 372 g/mol. The summed E-state index contributed by atoms with van der Waals surface area (Å²) in [6.07, 6.45) is 3.80. The van der Waals surface area contributed by atoms with Crippen molar-refractivity contribution in [2.24, 2.45) is 0 Å². The van der Waals surface area contributed by atoms with Crippen LogP contribution in [0, 0.1) is 0 Å². The second kappa shape index (κ2) is 10.6. The molecule has 2 heterocycles. The van der Waals surface area contributed by atoms with Gasteiger partial charge in [0, 0.05) is 48.5 Å². The SMILES string of the molecule is CC(C)NC(=O)CCSCCNC(=O)c1ccnc(-c2ccccn2)c1. The number of carbonyl (C=O) groups excluding carboxylic acids is 2. The second-order valence-electron chi connectivity index (χ2n) is 5.99. The Labute approximate surface area is 158 Å². The molecular weight excluding hydrogens is 348 g/mol. The van der Waals surface area contributed by atoms with E-state index in [1.807, 2.05) is 32.0 Å². The Kier molecular flexibility index (Phi) is 8.08. The number of hydrogen-bond acceptors (Lipinski definition) is 5. The molecule has 2 N–H and O–H groups in total. The molecule has 0 aromatic carbocycles. The minimum absolute atomic E-state index is 0.0652. The molecule has 0 aliphatic heterocycles. The molecule has 0 aliphatic carbocycles. The number of pyridine rings is 2. The quantitative estimate of drug-likeness (QED) is 0.661. The van der Waals surface area contributed by atoms with Gasteiger partial charge in [0.1, 0.15) is 0 Å². The Morgan fingerprint density at radius 3 is 2.62 bits per heavy atom. The van der Waals surface area contributed by atoms with Gasteiger partial charge in [0.05, 0.1) is 11.4 Å². The molecule has 138 valence electrons. The molecule has 2 aromatic heterocycles. The van der Waals surface area contributed by atoms with E-state index in [2.05, 4.69) is 20.6 Å². The zero-order chi connectivity index (χ0) is 18.8. The zero-order valence-corrected chi connectivity index (χ0v) is 15.9. The highest BCUT2D eigenvalue weighted by molar-refractivity contribution is 7.99. The predicted octanol–water partition coefficient (Wildman–Crippen LogP) is 2.52. The van der Waals surface area contributed by atoms with Crippen LogP contribution < -0.4 is 10.6 Å². The van der Waals surface area contributed by atoms with Crippen LogP contribution >= 0.6 is 11.8 Å². The summed E-state index contributed by atoms with van der Waals surface area (Å²) in [5, 5.41) is 5.75. The number of hydrogen-bond donors (Lipinski definition) is 2. The van der Waals surface area contributed by atoms with E-state index in [9.17, 15) is 9.59 Å². The van der Waals surface area contributed by atoms with Crippen molar-refractivity contribution in [1.82, 2.24) is 20.6 Å². The molecule has 2 amide bonds. The largest absolute Gasteiger partial charge is 0.354 e. The Hall–Kier alpha value is -2.41. The molecule has 0 saturated heterocycles. The molecular formula is C19H24N4O2S. The molecule has 0 bridgehead atoms. The van der Waals surface area contributed by atoms with Crippen molar-refractivity contribution >= 4 is 23.6 Å². The first kappa shape index (κ1) is 19.9. The summed E-state index contributed by atoms with van der Waals surface area (Å²) in [5.41, 5.74) is 1.96. The van der Waals surface area contributed by atoms with Crippen molar-refractivity contribution in [3.63, 3.8) is 0 Å². The van der Waals surface area contributed by atoms with Gasteiger partial charge >= 0.3 is 0 Å². The maximum atomic E-state index is 12.3. The van der Waals surface area contributed by atoms with Gasteiger partial charge in [-0.05, 0) is 38.1 Å². The Morgan fingerprint density at radius 2 is 1.88 bits per heavy atom. The van der Waals surface area contributed by atoms with Gasteiger partial charge < -0.3 is 10.6 Å². The highest BCUT2D eigenvalue weighted by atomic mass is 32.2. The molecule has 2 aromatic rings. The van der Waals surface area contributed by atoms with E-state index in [1.165, 1.54) is 0 Å². The number of carbonyl (C=O) groups is 2. The van der Waals surface area contributed by atoms with Crippen LogP contribution in [0.2, 0.25) is 0 Å². The molecule has 0 radical (unpaired) electrons. The summed E-state index contributed by atoms with van der Waals surface area (Å²) in [7, 11) is 0. The lowest BCUT2D eigenvalue weighted by Gasteiger charge is -2.08. The van der Waals surface area contributed by atoms with Crippen LogP contribution in [0.25, 0.3) is 11.4 Å². The smallest absolute Gasteiger partial charge is 0.251 e. The molecule has 7 heteroatoms. The van der Waals surface area contributed by atoms with Crippen LogP contribution in [0.5, 0.6) is 0 Å². The van der Waals surface area contributed by atoms with Gasteiger partial charge in [-0.25, -0.2) is 0 Å². The maximum Gasteiger partial charge on any atom is 0.251 e. The molecule has 6 nitrogen and oxygen atoms in total. The van der Waals surface area contributed by atoms with E-state index in [4.69, 9.17) is 0 Å². The minimum Gasteiger partial charge on any atom is -0.354 e. The van der Waals surface area contributed by atoms with Gasteiger partial charge in [-0.3, -0.25) is 19.6 Å². The summed E-state index contributed by atoms with van der Waals surface area (Å²) >= 11 is 1.65. The maximum absolute atomic E-state index is 12.3. The van der Waals surface area contributed by atoms with Crippen LogP contribution in [-0.4, -0.2) is 45.9 Å². The van der Waals surface area contributed by atoms with E-state index < -0.39 is 0 Å². The Balaban J connectivity index is 1.73. The summed E-state index contributed by atoms with van der Waals surface area (Å²) < 4.78 is 0. The standard InChI is InChI=1S/C19H24N4O2S/c1-14(2)23-18(24)7-11-26-12-10-22-19(25)15-6-9-21-17(13-15)16-5-3-4-8-20-16/h3-6,8-9,13-14H,7,10-12H2,1-2H3,(H,22,25)(H,23,24). The highest BCUT2D eigenvalue weighted by Gasteiger charge is 2.08. The Bertz CT molecular complexity index is 722. The van der Waals surface area contributed by atoms with Crippen molar-refractivity contribution in [2.75, 3.05) is 18.1 Å². The topological polar surface area (TPSA) is 84.0 Å². The average molecular weight is 372 g/mol. The van der Waals surface area contributed by atoms with Gasteiger partial charge in [0.25, 0.3) is 5.91 Å². The zero-order valence-electron chi connectivity index (χ0n) is 15.1. The van der Waals surface area contributed by atoms with Gasteiger partial charge in [-0.15, -0.1) is 0 Å². The van der Waals surface area contributed by atoms with Crippen molar-refractivity contribution in [1.29, 1.82) is 0 Å². The summed E-state index contributed by atoms with van der Waals surface area (Å²) in [6, 6.07) is 9.17. The fourth-order valence-electron chi connectivity index (χ4n) is 2.23. The van der Waals surface area contributed by atoms with Crippen LogP contribution in [-0.2, 0) is 4.79 Å². The first-order valence-electron chi connectivity index (χ1n) is 8.59. The summed E-state index contributed by atoms with van der Waals surface area (Å²) in [6.45, 7) is 4.44. The summed E-state index contributed by atoms with van der Waals surface area (Å²) in [5.74, 6) is 1.44. The van der Waals surface area contributed by atoms with Gasteiger partial charge in [0.15, 0.2) is 0 Å². The number of amides is 2. The molecule has 0 atom stereocenters. The van der Waals surface area contributed by atoms with E-state index in [1.54, 1.807) is 36.3 Å². The number of rotatable bonds is 9. The first-order chi connectivity index (χ1) is 12.6. The second-order valence-corrected chi connectivity index (χ2v) is 7.21. The van der Waals surface area contributed by atoms with E-state index in [-0.39, 0.29) is 17.9 Å². The van der Waals surface area contributed by atoms with Crippen LogP contribution in [0.4, 0.5) is 0 Å². The number of nitrogens with zero attached hydrogens (tertiary/aromatic N) is 2. The van der Waals surface area contributed by atoms with Crippen molar-refractivity contribution in [3.8, 4) is 11.4 Å². The number of aromatic nitrogens is 2. The Morgan fingerprint density at radius 1 is 1.08 bits per heavy atom. The first-order valence-corrected chi connectivity index (χ1v) is 9.74. The minimum atomic E-state index is -0.136. The van der Waals surface area contributed by atoms with Gasteiger partial charge in [0.2, 0.25) is 5.91 Å². The van der Waals surface area contributed by atoms with Gasteiger partial charge in [-0.1, -0.05) is 6.07 Å². The third-order valence-electron chi connectivity index (χ3n) is 3.40. The van der Waals surface area contributed by atoms with E-state index in [0.717, 1.165) is 17.2 Å². The number of thioether (sulfide) groups is 1. The van der Waals surface area contributed by atoms with Gasteiger partial charge in [-0.2, -0.15) is 11.8 Å². The molecule has 0 spiro atoms. The fraction of sp³-hybridized carbons (Fsp3) is 0.368. The fourth-order valence-corrected chi connectivity index (χ4v) is 3.01. The molecule has 0 unspecified atom stereocenters. The summed E-state index contributed by atoms with van der Waals surface area (Å²) in [4.78, 5) is 32.3. The van der Waals surface area contributed by atoms with Crippen LogP contribution in [0.3, 0.4) is 0 Å². The normalized spacial score (nSPS) is 10.6. The van der Waals surface area contributed by atoms with Crippen molar-refractivity contribution < 1.29 is 9.59 Å². The number of nitrogens with one attached hydrogen (secondary N) is 2. The lowest BCUT2D eigenvalue weighted by Crippen LogP contribution is -2.30. The van der Waals surface area contributed by atoms with Crippen LogP contribution in [0.15, 0.2) is 42.7 Å². The molecule has 0 saturated carbocycles. The lowest BCUT2D eigenvalue weighted by atomic mass is 10.1. The van der Waals surface area contributed by atoms with E-state index >= 15 is 0 Å². The lowest BCUT2D eigenvalue weighted by molar-refractivity contribution is -0.121. The molecule has 2 rings (SSSR count). The van der Waals surface area contributed by atoms with Crippen LogP contribution in [0.1, 0.15) is 30.6 Å². The van der Waals surface area contributed by atoms with Crippen molar-refractivity contribution in [3.05, 3.63) is 48.3 Å². The third kappa shape index (κ3) is 6.84. The van der Waals surface area contributed by atoms with Crippen molar-refractivity contribution in [2.45, 2.75) is 26.3 Å². The predicted molar refractivity (Wildman–Crippen MR) is 105 cm³/mol. The molecule has 26 heavy (non-hydrogen) atoms. The third-order valence-corrected chi connectivity index (χ3v) is 4.39. The van der Waals surface area contributed by atoms with E-state index in [0.29, 0.717) is 24.2 Å². The molecule has 0 aliphatic rings. The molecule has 0 fully saturated rings. The highest BCUT2D eigenvalue weighted by Crippen LogP contribution is 2.14.